The smallest absolute Gasteiger partial charge is 0.272 e. The first-order chi connectivity index (χ1) is 21.2. The molecule has 0 bridgehead atoms. The van der Waals surface area contributed by atoms with Crippen LogP contribution in [0.25, 0.3) is 6.08 Å². The van der Waals surface area contributed by atoms with Gasteiger partial charge < -0.3 is 20.7 Å². The van der Waals surface area contributed by atoms with Crippen LogP contribution in [0.3, 0.4) is 0 Å². The number of halogens is 2. The number of methoxy groups -OCH3 is 1. The van der Waals surface area contributed by atoms with Crippen LogP contribution in [-0.2, 0) is 9.59 Å². The van der Waals surface area contributed by atoms with Gasteiger partial charge >= 0.3 is 0 Å². The van der Waals surface area contributed by atoms with Crippen LogP contribution in [0.5, 0.6) is 5.75 Å². The Kier molecular flexibility index (Phi) is 11.7. The molecule has 10 heteroatoms. The highest BCUT2D eigenvalue weighted by Gasteiger charge is 2.21. The van der Waals surface area contributed by atoms with Crippen LogP contribution in [0.1, 0.15) is 34.8 Å². The standard InChI is InChI=1S/C34H31BrClN3O4S/c1-4-31(34(42)38-28-16-21(2)27(36)20-30(28)43-3)44-26-15-9-14-25(19-26)37-33(41)29(18-22-10-8-13-24(35)17-22)39-32(40)23-11-6-5-7-12-23/h5-20,31H,4H2,1-3H3,(H,37,41)(H,38,42)(H,39,40)/b29-18+. The number of amides is 3. The monoisotopic (exact) mass is 691 g/mol. The zero-order valence-electron chi connectivity index (χ0n) is 24.3. The van der Waals surface area contributed by atoms with Gasteiger partial charge in [0.15, 0.2) is 0 Å². The largest absolute Gasteiger partial charge is 0.495 e. The molecule has 0 aliphatic carbocycles. The highest BCUT2D eigenvalue weighted by atomic mass is 79.9. The lowest BCUT2D eigenvalue weighted by molar-refractivity contribution is -0.116. The normalized spacial score (nSPS) is 11.8. The van der Waals surface area contributed by atoms with Crippen molar-refractivity contribution in [1.82, 2.24) is 5.32 Å². The summed E-state index contributed by atoms with van der Waals surface area (Å²) in [7, 11) is 1.52. The van der Waals surface area contributed by atoms with Gasteiger partial charge in [-0.15, -0.1) is 11.8 Å². The second kappa shape index (κ2) is 15.6. The number of hydrogen-bond acceptors (Lipinski definition) is 5. The van der Waals surface area contributed by atoms with Gasteiger partial charge in [-0.2, -0.15) is 0 Å². The third kappa shape index (κ3) is 8.98. The summed E-state index contributed by atoms with van der Waals surface area (Å²) >= 11 is 11.0. The maximum Gasteiger partial charge on any atom is 0.272 e. The van der Waals surface area contributed by atoms with Crippen molar-refractivity contribution >= 4 is 74.5 Å². The minimum absolute atomic E-state index is 0.0769. The molecule has 4 aromatic carbocycles. The van der Waals surface area contributed by atoms with Gasteiger partial charge in [0.1, 0.15) is 11.4 Å². The molecule has 4 aromatic rings. The Morgan fingerprint density at radius 1 is 0.955 bits per heavy atom. The molecule has 0 saturated carbocycles. The van der Waals surface area contributed by atoms with E-state index in [0.29, 0.717) is 34.1 Å². The van der Waals surface area contributed by atoms with Gasteiger partial charge in [-0.05, 0) is 79.1 Å². The molecule has 0 heterocycles. The topological polar surface area (TPSA) is 96.5 Å². The van der Waals surface area contributed by atoms with E-state index in [1.165, 1.54) is 18.9 Å². The van der Waals surface area contributed by atoms with Gasteiger partial charge in [0.2, 0.25) is 5.91 Å². The van der Waals surface area contributed by atoms with E-state index in [2.05, 4.69) is 31.9 Å². The molecule has 226 valence electrons. The van der Waals surface area contributed by atoms with Gasteiger partial charge in [-0.25, -0.2) is 0 Å². The summed E-state index contributed by atoms with van der Waals surface area (Å²) in [4.78, 5) is 40.5. The molecular weight excluding hydrogens is 662 g/mol. The quantitative estimate of drug-likeness (QED) is 0.109. The highest BCUT2D eigenvalue weighted by Crippen LogP contribution is 2.33. The van der Waals surface area contributed by atoms with E-state index in [-0.39, 0.29) is 11.6 Å². The molecule has 0 aliphatic rings. The van der Waals surface area contributed by atoms with Crippen molar-refractivity contribution in [3.8, 4) is 5.75 Å². The maximum absolute atomic E-state index is 13.5. The fraction of sp³-hybridized carbons (Fsp3) is 0.147. The number of aryl methyl sites for hydroxylation is 1. The van der Waals surface area contributed by atoms with Crippen LogP contribution in [-0.4, -0.2) is 30.1 Å². The predicted octanol–water partition coefficient (Wildman–Crippen LogP) is 8.34. The number of rotatable bonds is 11. The second-order valence-electron chi connectivity index (χ2n) is 9.72. The molecule has 7 nitrogen and oxygen atoms in total. The highest BCUT2D eigenvalue weighted by molar-refractivity contribution is 9.10. The molecule has 0 aromatic heterocycles. The summed E-state index contributed by atoms with van der Waals surface area (Å²) in [6.45, 7) is 3.79. The van der Waals surface area contributed by atoms with Gasteiger partial charge in [-0.3, -0.25) is 14.4 Å². The minimum atomic E-state index is -0.494. The van der Waals surface area contributed by atoms with E-state index < -0.39 is 17.1 Å². The van der Waals surface area contributed by atoms with Crippen molar-refractivity contribution in [1.29, 1.82) is 0 Å². The first-order valence-corrected chi connectivity index (χ1v) is 15.8. The first-order valence-electron chi connectivity index (χ1n) is 13.7. The zero-order valence-corrected chi connectivity index (χ0v) is 27.5. The fourth-order valence-electron chi connectivity index (χ4n) is 4.18. The molecule has 3 amide bonds. The lowest BCUT2D eigenvalue weighted by Crippen LogP contribution is -2.30. The van der Waals surface area contributed by atoms with Gasteiger partial charge in [-0.1, -0.05) is 70.9 Å². The SMILES string of the molecule is CCC(Sc1cccc(NC(=O)/C(=C\c2cccc(Br)c2)NC(=O)c2ccccc2)c1)C(=O)Nc1cc(C)c(Cl)cc1OC. The van der Waals surface area contributed by atoms with Crippen molar-refractivity contribution < 1.29 is 19.1 Å². The van der Waals surface area contributed by atoms with E-state index in [1.54, 1.807) is 60.7 Å². The minimum Gasteiger partial charge on any atom is -0.495 e. The lowest BCUT2D eigenvalue weighted by atomic mass is 10.1. The lowest BCUT2D eigenvalue weighted by Gasteiger charge is -2.18. The maximum atomic E-state index is 13.5. The molecule has 0 spiro atoms. The average molecular weight is 693 g/mol. The molecule has 44 heavy (non-hydrogen) atoms. The van der Waals surface area contributed by atoms with Gasteiger partial charge in [0.05, 0.1) is 18.0 Å². The summed E-state index contributed by atoms with van der Waals surface area (Å²) in [5.41, 5.74) is 3.11. The molecule has 3 N–H and O–H groups in total. The van der Waals surface area contributed by atoms with E-state index in [0.717, 1.165) is 20.5 Å². The number of hydrogen-bond donors (Lipinski definition) is 3. The number of carbonyl (C=O) groups excluding carboxylic acids is 3. The van der Waals surface area contributed by atoms with Crippen LogP contribution < -0.4 is 20.7 Å². The van der Waals surface area contributed by atoms with Gasteiger partial charge in [0, 0.05) is 31.7 Å². The summed E-state index contributed by atoms with van der Waals surface area (Å²) in [6.07, 6.45) is 2.18. The Hall–Kier alpha value is -4.05. The molecular formula is C34H31BrClN3O4S. The number of benzene rings is 4. The second-order valence-corrected chi connectivity index (χ2v) is 12.3. The Balaban J connectivity index is 1.51. The number of nitrogens with one attached hydrogen (secondary N) is 3. The van der Waals surface area contributed by atoms with Crippen LogP contribution in [0.2, 0.25) is 5.02 Å². The van der Waals surface area contributed by atoms with Crippen LogP contribution in [0.15, 0.2) is 106 Å². The van der Waals surface area contributed by atoms with E-state index >= 15 is 0 Å². The fourth-order valence-corrected chi connectivity index (χ4v) is 5.76. The molecule has 0 radical (unpaired) electrons. The number of anilines is 2. The Morgan fingerprint density at radius 3 is 2.41 bits per heavy atom. The predicted molar refractivity (Wildman–Crippen MR) is 182 cm³/mol. The summed E-state index contributed by atoms with van der Waals surface area (Å²) in [5, 5.41) is 8.72. The molecule has 0 aliphatic heterocycles. The van der Waals surface area contributed by atoms with Crippen LogP contribution in [0, 0.1) is 6.92 Å². The van der Waals surface area contributed by atoms with E-state index in [4.69, 9.17) is 16.3 Å². The third-order valence-electron chi connectivity index (χ3n) is 6.46. The average Bonchev–Trinajstić information content (AvgIpc) is 3.01. The number of thioether (sulfide) groups is 1. The van der Waals surface area contributed by atoms with E-state index in [1.807, 2.05) is 50.2 Å². The summed E-state index contributed by atoms with van der Waals surface area (Å²) in [5.74, 6) is -0.610. The molecule has 4 rings (SSSR count). The van der Waals surface area contributed by atoms with Crippen molar-refractivity contribution in [2.45, 2.75) is 30.4 Å². The van der Waals surface area contributed by atoms with Crippen molar-refractivity contribution in [3.05, 3.63) is 123 Å². The van der Waals surface area contributed by atoms with Gasteiger partial charge in [0.25, 0.3) is 11.8 Å². The number of carbonyl (C=O) groups is 3. The molecule has 0 fully saturated rings. The zero-order chi connectivity index (χ0) is 31.6. The van der Waals surface area contributed by atoms with Crippen molar-refractivity contribution in [3.63, 3.8) is 0 Å². The van der Waals surface area contributed by atoms with Crippen LogP contribution >= 0.6 is 39.3 Å². The summed E-state index contributed by atoms with van der Waals surface area (Å²) < 4.78 is 6.24. The Morgan fingerprint density at radius 2 is 1.70 bits per heavy atom. The number of ether oxygens (including phenoxy) is 1. The first kappa shape index (κ1) is 32.9. The van der Waals surface area contributed by atoms with Crippen molar-refractivity contribution in [2.24, 2.45) is 0 Å². The Bertz CT molecular complexity index is 1700. The molecule has 1 unspecified atom stereocenters. The third-order valence-corrected chi connectivity index (χ3v) is 8.72. The molecule has 0 saturated heterocycles. The summed E-state index contributed by atoms with van der Waals surface area (Å²) in [6, 6.07) is 26.7. The Labute approximate surface area is 274 Å². The van der Waals surface area contributed by atoms with Crippen molar-refractivity contribution in [2.75, 3.05) is 17.7 Å². The van der Waals surface area contributed by atoms with E-state index in [9.17, 15) is 14.4 Å². The molecule has 1 atom stereocenters. The van der Waals surface area contributed by atoms with Crippen LogP contribution in [0.4, 0.5) is 11.4 Å².